The van der Waals surface area contributed by atoms with Crippen LogP contribution in [0.5, 0.6) is 0 Å². The van der Waals surface area contributed by atoms with Crippen LogP contribution in [0.1, 0.15) is 19.4 Å². The minimum atomic E-state index is -1.49. The molecule has 2 N–H and O–H groups in total. The summed E-state index contributed by atoms with van der Waals surface area (Å²) in [7, 11) is 0. The summed E-state index contributed by atoms with van der Waals surface area (Å²) < 4.78 is 38.5. The molecule has 0 saturated heterocycles. The van der Waals surface area contributed by atoms with E-state index in [1.807, 2.05) is 0 Å². The van der Waals surface area contributed by atoms with Gasteiger partial charge in [0.1, 0.15) is 0 Å². The van der Waals surface area contributed by atoms with Crippen LogP contribution in [0.15, 0.2) is 12.1 Å². The van der Waals surface area contributed by atoms with Gasteiger partial charge in [-0.25, -0.2) is 13.2 Å². The molecule has 0 bridgehead atoms. The molecule has 3 nitrogen and oxygen atoms in total. The van der Waals surface area contributed by atoms with Gasteiger partial charge in [0.2, 0.25) is 5.91 Å². The van der Waals surface area contributed by atoms with E-state index in [0.717, 1.165) is 12.1 Å². The quantitative estimate of drug-likeness (QED) is 0.791. The standard InChI is InChI=1S/C12H15F3N2O/c1-3-16-12(18)7(2)17-6-8-4-9(13)11(15)10(14)5-8/h4-5,7,17H,3,6H2,1-2H3,(H,16,18). The zero-order chi connectivity index (χ0) is 13.7. The summed E-state index contributed by atoms with van der Waals surface area (Å²) in [6.07, 6.45) is 0. The Balaban J connectivity index is 2.61. The Morgan fingerprint density at radius 2 is 1.83 bits per heavy atom. The molecule has 1 atom stereocenters. The van der Waals surface area contributed by atoms with E-state index in [2.05, 4.69) is 10.6 Å². The smallest absolute Gasteiger partial charge is 0.236 e. The summed E-state index contributed by atoms with van der Waals surface area (Å²) in [6.45, 7) is 3.99. The second-order valence-corrected chi connectivity index (χ2v) is 3.87. The molecule has 0 aliphatic heterocycles. The first-order valence-corrected chi connectivity index (χ1v) is 5.60. The van der Waals surface area contributed by atoms with Gasteiger partial charge in [0.25, 0.3) is 0 Å². The van der Waals surface area contributed by atoms with Crippen molar-refractivity contribution in [3.05, 3.63) is 35.1 Å². The molecule has 0 radical (unpaired) electrons. The van der Waals surface area contributed by atoms with Gasteiger partial charge in [0.05, 0.1) is 6.04 Å². The van der Waals surface area contributed by atoms with E-state index in [-0.39, 0.29) is 18.0 Å². The van der Waals surface area contributed by atoms with Gasteiger partial charge in [0.15, 0.2) is 17.5 Å². The Hall–Kier alpha value is -1.56. The van der Waals surface area contributed by atoms with Crippen molar-refractivity contribution in [2.75, 3.05) is 6.54 Å². The van der Waals surface area contributed by atoms with E-state index in [1.54, 1.807) is 13.8 Å². The number of amides is 1. The van der Waals surface area contributed by atoms with Crippen LogP contribution in [0.3, 0.4) is 0 Å². The van der Waals surface area contributed by atoms with E-state index in [4.69, 9.17) is 0 Å². The molecule has 0 heterocycles. The van der Waals surface area contributed by atoms with E-state index in [9.17, 15) is 18.0 Å². The molecule has 18 heavy (non-hydrogen) atoms. The first kappa shape index (κ1) is 14.5. The van der Waals surface area contributed by atoms with Crippen molar-refractivity contribution >= 4 is 5.91 Å². The third-order valence-electron chi connectivity index (χ3n) is 2.40. The molecular formula is C12H15F3N2O. The van der Waals surface area contributed by atoms with E-state index < -0.39 is 23.5 Å². The Morgan fingerprint density at radius 1 is 1.28 bits per heavy atom. The normalized spacial score (nSPS) is 12.3. The molecule has 6 heteroatoms. The molecular weight excluding hydrogens is 245 g/mol. The van der Waals surface area contributed by atoms with Crippen molar-refractivity contribution in [2.24, 2.45) is 0 Å². The molecule has 0 aromatic heterocycles. The zero-order valence-electron chi connectivity index (χ0n) is 10.2. The Bertz CT molecular complexity index is 414. The number of likely N-dealkylation sites (N-methyl/N-ethyl adjacent to an activating group) is 1. The maximum absolute atomic E-state index is 12.9. The highest BCUT2D eigenvalue weighted by Crippen LogP contribution is 2.13. The summed E-state index contributed by atoms with van der Waals surface area (Å²) >= 11 is 0. The molecule has 1 aromatic carbocycles. The van der Waals surface area contributed by atoms with Gasteiger partial charge >= 0.3 is 0 Å². The highest BCUT2D eigenvalue weighted by molar-refractivity contribution is 5.81. The molecule has 1 amide bonds. The maximum atomic E-state index is 12.9. The van der Waals surface area contributed by atoms with Crippen LogP contribution < -0.4 is 10.6 Å². The third-order valence-corrected chi connectivity index (χ3v) is 2.40. The SMILES string of the molecule is CCNC(=O)C(C)NCc1cc(F)c(F)c(F)c1. The molecule has 1 unspecified atom stereocenters. The predicted molar refractivity (Wildman–Crippen MR) is 61.3 cm³/mol. The van der Waals surface area contributed by atoms with Crippen LogP contribution in [-0.4, -0.2) is 18.5 Å². The molecule has 0 aliphatic rings. The lowest BCUT2D eigenvalue weighted by molar-refractivity contribution is -0.122. The third kappa shape index (κ3) is 3.73. The fourth-order valence-corrected chi connectivity index (χ4v) is 1.40. The summed E-state index contributed by atoms with van der Waals surface area (Å²) in [6, 6.07) is 1.30. The number of hydrogen-bond acceptors (Lipinski definition) is 2. The Kier molecular flexibility index (Phi) is 5.15. The van der Waals surface area contributed by atoms with Crippen molar-refractivity contribution in [1.82, 2.24) is 10.6 Å². The van der Waals surface area contributed by atoms with Crippen LogP contribution in [0.2, 0.25) is 0 Å². The van der Waals surface area contributed by atoms with Crippen LogP contribution >= 0.6 is 0 Å². The van der Waals surface area contributed by atoms with E-state index >= 15 is 0 Å². The number of carbonyl (C=O) groups excluding carboxylic acids is 1. The maximum Gasteiger partial charge on any atom is 0.236 e. The second-order valence-electron chi connectivity index (χ2n) is 3.87. The molecule has 1 aromatic rings. The zero-order valence-corrected chi connectivity index (χ0v) is 10.2. The highest BCUT2D eigenvalue weighted by atomic mass is 19.2. The van der Waals surface area contributed by atoms with Gasteiger partial charge in [-0.2, -0.15) is 0 Å². The van der Waals surface area contributed by atoms with E-state index in [0.29, 0.717) is 6.54 Å². The summed E-state index contributed by atoms with van der Waals surface area (Å²) in [5, 5.41) is 5.39. The number of benzene rings is 1. The van der Waals surface area contributed by atoms with Crippen molar-refractivity contribution in [2.45, 2.75) is 26.4 Å². The molecule has 0 aliphatic carbocycles. The lowest BCUT2D eigenvalue weighted by Gasteiger charge is -2.13. The lowest BCUT2D eigenvalue weighted by atomic mass is 10.2. The molecule has 0 fully saturated rings. The van der Waals surface area contributed by atoms with Gasteiger partial charge in [-0.15, -0.1) is 0 Å². The number of halogens is 3. The number of hydrogen-bond donors (Lipinski definition) is 2. The van der Waals surface area contributed by atoms with E-state index in [1.165, 1.54) is 0 Å². The Labute approximate surface area is 103 Å². The average molecular weight is 260 g/mol. The fraction of sp³-hybridized carbons (Fsp3) is 0.417. The topological polar surface area (TPSA) is 41.1 Å². The van der Waals surface area contributed by atoms with Crippen molar-refractivity contribution in [3.63, 3.8) is 0 Å². The highest BCUT2D eigenvalue weighted by Gasteiger charge is 2.13. The van der Waals surface area contributed by atoms with Gasteiger partial charge in [0, 0.05) is 13.1 Å². The van der Waals surface area contributed by atoms with Crippen molar-refractivity contribution in [1.29, 1.82) is 0 Å². The number of carbonyl (C=O) groups is 1. The summed E-state index contributed by atoms with van der Waals surface area (Å²) in [5.74, 6) is -4.17. The molecule has 0 saturated carbocycles. The van der Waals surface area contributed by atoms with Crippen LogP contribution in [0.25, 0.3) is 0 Å². The monoisotopic (exact) mass is 260 g/mol. The largest absolute Gasteiger partial charge is 0.355 e. The van der Waals surface area contributed by atoms with Crippen molar-refractivity contribution < 1.29 is 18.0 Å². The molecule has 0 spiro atoms. The molecule has 1 rings (SSSR count). The first-order valence-electron chi connectivity index (χ1n) is 5.60. The number of rotatable bonds is 5. The van der Waals surface area contributed by atoms with Gasteiger partial charge in [-0.3, -0.25) is 4.79 Å². The summed E-state index contributed by atoms with van der Waals surface area (Å²) in [5.41, 5.74) is 0.238. The predicted octanol–water partition coefficient (Wildman–Crippen LogP) is 1.72. The van der Waals surface area contributed by atoms with Gasteiger partial charge in [-0.05, 0) is 31.5 Å². The minimum absolute atomic E-state index is 0.0758. The Morgan fingerprint density at radius 3 is 2.33 bits per heavy atom. The fourth-order valence-electron chi connectivity index (χ4n) is 1.40. The van der Waals surface area contributed by atoms with Gasteiger partial charge < -0.3 is 10.6 Å². The minimum Gasteiger partial charge on any atom is -0.355 e. The van der Waals surface area contributed by atoms with Crippen molar-refractivity contribution in [3.8, 4) is 0 Å². The average Bonchev–Trinajstić information content (AvgIpc) is 2.33. The second kappa shape index (κ2) is 6.39. The number of nitrogens with one attached hydrogen (secondary N) is 2. The molecule has 100 valence electrons. The lowest BCUT2D eigenvalue weighted by Crippen LogP contribution is -2.41. The summed E-state index contributed by atoms with van der Waals surface area (Å²) in [4.78, 5) is 11.4. The van der Waals surface area contributed by atoms with Crippen LogP contribution in [0.4, 0.5) is 13.2 Å². The van der Waals surface area contributed by atoms with Crippen LogP contribution in [-0.2, 0) is 11.3 Å². The van der Waals surface area contributed by atoms with Crippen LogP contribution in [0, 0.1) is 17.5 Å². The van der Waals surface area contributed by atoms with Gasteiger partial charge in [-0.1, -0.05) is 0 Å². The first-order chi connectivity index (χ1) is 8.45.